The van der Waals surface area contributed by atoms with Crippen molar-refractivity contribution in [3.63, 3.8) is 0 Å². The van der Waals surface area contributed by atoms with Gasteiger partial charge in [-0.05, 0) is 63.9 Å². The Morgan fingerprint density at radius 3 is 2.29 bits per heavy atom. The Hall–Kier alpha value is -2.82. The number of nitrogens with zero attached hydrogens (tertiary/aromatic N) is 3. The van der Waals surface area contributed by atoms with Gasteiger partial charge in [0.25, 0.3) is 0 Å². The predicted octanol–water partition coefficient (Wildman–Crippen LogP) is 4.27. The minimum Gasteiger partial charge on any atom is -0.310 e. The lowest BCUT2D eigenvalue weighted by Crippen LogP contribution is -2.38. The quantitative estimate of drug-likeness (QED) is 0.642. The minimum atomic E-state index is -0.0562. The number of anilines is 1. The van der Waals surface area contributed by atoms with Crippen LogP contribution in [-0.2, 0) is 17.9 Å². The van der Waals surface area contributed by atoms with Crippen molar-refractivity contribution in [1.29, 1.82) is 0 Å². The van der Waals surface area contributed by atoms with Gasteiger partial charge in [-0.25, -0.2) is 4.79 Å². The molecule has 148 valence electrons. The number of para-hydroxylation sites is 2. The van der Waals surface area contributed by atoms with E-state index in [-0.39, 0.29) is 24.1 Å². The molecule has 1 heterocycles. The second kappa shape index (κ2) is 8.05. The van der Waals surface area contributed by atoms with Crippen molar-refractivity contribution in [2.45, 2.75) is 60.2 Å². The van der Waals surface area contributed by atoms with E-state index in [9.17, 15) is 9.59 Å². The summed E-state index contributed by atoms with van der Waals surface area (Å²) < 4.78 is 3.48. The smallest absolute Gasteiger partial charge is 0.310 e. The highest BCUT2D eigenvalue weighted by atomic mass is 16.2. The minimum absolute atomic E-state index is 0.0314. The zero-order valence-corrected chi connectivity index (χ0v) is 17.4. The molecule has 0 spiro atoms. The maximum Gasteiger partial charge on any atom is 0.329 e. The summed E-state index contributed by atoms with van der Waals surface area (Å²) in [6, 6.07) is 14.0. The normalized spacial score (nSPS) is 11.4. The first kappa shape index (κ1) is 19.9. The van der Waals surface area contributed by atoms with E-state index in [0.29, 0.717) is 13.1 Å². The van der Waals surface area contributed by atoms with E-state index in [1.807, 2.05) is 69.9 Å². The van der Waals surface area contributed by atoms with Gasteiger partial charge < -0.3 is 4.90 Å². The second-order valence-corrected chi connectivity index (χ2v) is 7.56. The lowest BCUT2D eigenvalue weighted by molar-refractivity contribution is -0.119. The van der Waals surface area contributed by atoms with Crippen molar-refractivity contribution < 1.29 is 4.79 Å². The molecule has 2 aromatic carbocycles. The Kier molecular flexibility index (Phi) is 5.73. The van der Waals surface area contributed by atoms with Gasteiger partial charge in [-0.3, -0.25) is 13.9 Å². The number of hydrogen-bond donors (Lipinski definition) is 0. The summed E-state index contributed by atoms with van der Waals surface area (Å²) in [4.78, 5) is 27.8. The number of aryl methyl sites for hydroxylation is 4. The van der Waals surface area contributed by atoms with Crippen molar-refractivity contribution in [1.82, 2.24) is 9.13 Å². The molecule has 28 heavy (non-hydrogen) atoms. The molecule has 1 amide bonds. The number of imidazole rings is 1. The van der Waals surface area contributed by atoms with Gasteiger partial charge in [0.2, 0.25) is 5.91 Å². The zero-order chi connectivity index (χ0) is 20.4. The first-order chi connectivity index (χ1) is 13.3. The Balaban J connectivity index is 1.91. The maximum atomic E-state index is 13.1. The molecule has 0 aliphatic heterocycles. The summed E-state index contributed by atoms with van der Waals surface area (Å²) in [5.41, 5.74) is 4.89. The van der Waals surface area contributed by atoms with E-state index >= 15 is 0 Å². The van der Waals surface area contributed by atoms with E-state index < -0.39 is 0 Å². The predicted molar refractivity (Wildman–Crippen MR) is 115 cm³/mol. The van der Waals surface area contributed by atoms with E-state index in [0.717, 1.165) is 27.8 Å². The second-order valence-electron chi connectivity index (χ2n) is 7.56. The highest BCUT2D eigenvalue weighted by molar-refractivity contribution is 5.94. The van der Waals surface area contributed by atoms with Crippen LogP contribution in [0.3, 0.4) is 0 Å². The van der Waals surface area contributed by atoms with Gasteiger partial charge >= 0.3 is 5.69 Å². The molecule has 0 fully saturated rings. The summed E-state index contributed by atoms with van der Waals surface area (Å²) in [7, 11) is 0. The third-order valence-electron chi connectivity index (χ3n) is 5.20. The first-order valence-electron chi connectivity index (χ1n) is 9.92. The van der Waals surface area contributed by atoms with Crippen LogP contribution in [0.15, 0.2) is 47.3 Å². The SMILES string of the molecule is CCn1c(=O)n(CCC(=O)N(c2cc(C)ccc2C)C(C)C)c2ccccc21. The number of amides is 1. The third kappa shape index (κ3) is 3.61. The van der Waals surface area contributed by atoms with Crippen LogP contribution < -0.4 is 10.6 Å². The van der Waals surface area contributed by atoms with Gasteiger partial charge in [0.1, 0.15) is 0 Å². The summed E-state index contributed by atoms with van der Waals surface area (Å²) in [5.74, 6) is 0.0314. The fourth-order valence-electron chi connectivity index (χ4n) is 3.80. The van der Waals surface area contributed by atoms with E-state index in [1.165, 1.54) is 0 Å². The molecule has 3 aromatic rings. The summed E-state index contributed by atoms with van der Waals surface area (Å²) >= 11 is 0. The first-order valence-corrected chi connectivity index (χ1v) is 9.92. The molecular weight excluding hydrogens is 350 g/mol. The number of aromatic nitrogens is 2. The molecule has 0 saturated carbocycles. The zero-order valence-electron chi connectivity index (χ0n) is 17.4. The molecule has 1 aromatic heterocycles. The molecule has 0 radical (unpaired) electrons. The monoisotopic (exact) mass is 379 g/mol. The molecule has 0 unspecified atom stereocenters. The van der Waals surface area contributed by atoms with Crippen LogP contribution in [0, 0.1) is 13.8 Å². The number of carbonyl (C=O) groups is 1. The highest BCUT2D eigenvalue weighted by Crippen LogP contribution is 2.25. The largest absolute Gasteiger partial charge is 0.329 e. The van der Waals surface area contributed by atoms with Crippen molar-refractivity contribution in [2.24, 2.45) is 0 Å². The molecule has 0 atom stereocenters. The van der Waals surface area contributed by atoms with E-state index in [1.54, 1.807) is 9.13 Å². The van der Waals surface area contributed by atoms with Crippen molar-refractivity contribution in [3.05, 3.63) is 64.1 Å². The molecule has 0 N–H and O–H groups in total. The fourth-order valence-corrected chi connectivity index (χ4v) is 3.80. The van der Waals surface area contributed by atoms with E-state index in [4.69, 9.17) is 0 Å². The molecule has 0 aliphatic carbocycles. The highest BCUT2D eigenvalue weighted by Gasteiger charge is 2.21. The molecule has 0 saturated heterocycles. The summed E-state index contributed by atoms with van der Waals surface area (Å²) in [6.07, 6.45) is 0.281. The van der Waals surface area contributed by atoms with Gasteiger partial charge in [0, 0.05) is 31.2 Å². The van der Waals surface area contributed by atoms with Gasteiger partial charge in [0.15, 0.2) is 0 Å². The molecular formula is C23H29N3O2. The Labute approximate surface area is 166 Å². The van der Waals surface area contributed by atoms with E-state index in [2.05, 4.69) is 12.1 Å². The standard InChI is InChI=1S/C23H29N3O2/c1-6-24-19-9-7-8-10-20(19)25(23(24)28)14-13-22(27)26(16(2)3)21-15-17(4)11-12-18(21)5/h7-12,15-16H,6,13-14H2,1-5H3. The number of rotatable bonds is 6. The average molecular weight is 380 g/mol. The molecule has 3 rings (SSSR count). The Bertz CT molecular complexity index is 1060. The van der Waals surface area contributed by atoms with Crippen LogP contribution in [0.5, 0.6) is 0 Å². The van der Waals surface area contributed by atoms with Gasteiger partial charge in [-0.2, -0.15) is 0 Å². The summed E-state index contributed by atoms with van der Waals surface area (Å²) in [5, 5.41) is 0. The topological polar surface area (TPSA) is 47.2 Å². The summed E-state index contributed by atoms with van der Waals surface area (Å²) in [6.45, 7) is 11.1. The number of fused-ring (bicyclic) bond motifs is 1. The number of benzene rings is 2. The Morgan fingerprint density at radius 1 is 1.04 bits per heavy atom. The molecule has 5 heteroatoms. The molecule has 0 aliphatic rings. The number of hydrogen-bond acceptors (Lipinski definition) is 2. The Morgan fingerprint density at radius 2 is 1.68 bits per heavy atom. The van der Waals surface area contributed by atoms with Crippen molar-refractivity contribution in [2.75, 3.05) is 4.90 Å². The van der Waals surface area contributed by atoms with Gasteiger partial charge in [0.05, 0.1) is 11.0 Å². The van der Waals surface area contributed by atoms with Crippen LogP contribution in [0.1, 0.15) is 38.3 Å². The number of carbonyl (C=O) groups excluding carboxylic acids is 1. The maximum absolute atomic E-state index is 13.1. The molecule has 0 bridgehead atoms. The van der Waals surface area contributed by atoms with Crippen LogP contribution in [-0.4, -0.2) is 21.1 Å². The average Bonchev–Trinajstić information content (AvgIpc) is 2.93. The van der Waals surface area contributed by atoms with Crippen LogP contribution in [0.4, 0.5) is 5.69 Å². The van der Waals surface area contributed by atoms with Crippen molar-refractivity contribution >= 4 is 22.6 Å². The van der Waals surface area contributed by atoms with Crippen LogP contribution in [0.2, 0.25) is 0 Å². The van der Waals surface area contributed by atoms with Gasteiger partial charge in [-0.15, -0.1) is 0 Å². The van der Waals surface area contributed by atoms with Crippen LogP contribution >= 0.6 is 0 Å². The lowest BCUT2D eigenvalue weighted by atomic mass is 10.1. The molecule has 5 nitrogen and oxygen atoms in total. The van der Waals surface area contributed by atoms with Gasteiger partial charge in [-0.1, -0.05) is 24.3 Å². The lowest BCUT2D eigenvalue weighted by Gasteiger charge is -2.29. The fraction of sp³-hybridized carbons (Fsp3) is 0.391. The van der Waals surface area contributed by atoms with Crippen molar-refractivity contribution in [3.8, 4) is 0 Å². The third-order valence-corrected chi connectivity index (χ3v) is 5.20. The van der Waals surface area contributed by atoms with Crippen LogP contribution in [0.25, 0.3) is 11.0 Å².